The number of hydrogen-bond donors (Lipinski definition) is 1. The van der Waals surface area contributed by atoms with Crippen molar-refractivity contribution in [3.8, 4) is 0 Å². The number of rotatable bonds is 6. The van der Waals surface area contributed by atoms with Crippen LogP contribution in [0.4, 0.5) is 0 Å². The van der Waals surface area contributed by atoms with Crippen LogP contribution in [0.2, 0.25) is 0 Å². The van der Waals surface area contributed by atoms with E-state index in [0.29, 0.717) is 0 Å². The van der Waals surface area contributed by atoms with Gasteiger partial charge in [0.15, 0.2) is 0 Å². The molecular weight excluding hydrogens is 226 g/mol. The zero-order chi connectivity index (χ0) is 12.8. The van der Waals surface area contributed by atoms with Gasteiger partial charge in [0, 0.05) is 10.9 Å². The van der Waals surface area contributed by atoms with Crippen LogP contribution in [0, 0.1) is 12.8 Å². The quantitative estimate of drug-likeness (QED) is 0.773. The Bertz CT molecular complexity index is 345. The molecule has 0 spiro atoms. The van der Waals surface area contributed by atoms with Crippen LogP contribution in [0.5, 0.6) is 0 Å². The maximum atomic E-state index is 5.82. The molecule has 0 heterocycles. The van der Waals surface area contributed by atoms with Gasteiger partial charge in [-0.05, 0) is 55.6 Å². The molecule has 0 saturated heterocycles. The van der Waals surface area contributed by atoms with E-state index in [2.05, 4.69) is 45.9 Å². The molecule has 0 radical (unpaired) electrons. The second-order valence-electron chi connectivity index (χ2n) is 5.31. The summed E-state index contributed by atoms with van der Waals surface area (Å²) in [4.78, 5) is 1.42. The number of aryl methyl sites for hydroxylation is 1. The van der Waals surface area contributed by atoms with Crippen molar-refractivity contribution in [2.45, 2.75) is 51.5 Å². The summed E-state index contributed by atoms with van der Waals surface area (Å²) in [5.74, 6) is 2.01. The Morgan fingerprint density at radius 3 is 2.47 bits per heavy atom. The molecule has 1 unspecified atom stereocenters. The smallest absolute Gasteiger partial charge is 0.0101 e. The highest BCUT2D eigenvalue weighted by atomic mass is 32.2. The monoisotopic (exact) mass is 251 g/mol. The summed E-state index contributed by atoms with van der Waals surface area (Å²) in [7, 11) is 0. The van der Waals surface area contributed by atoms with Crippen LogP contribution < -0.4 is 5.73 Å². The van der Waals surface area contributed by atoms with Crippen LogP contribution in [-0.4, -0.2) is 11.8 Å². The van der Waals surface area contributed by atoms with E-state index < -0.39 is 0 Å². The maximum Gasteiger partial charge on any atom is 0.0101 e. The third kappa shape index (κ3) is 5.60. The number of thioether (sulfide) groups is 1. The lowest BCUT2D eigenvalue weighted by Crippen LogP contribution is -2.17. The molecule has 0 aliphatic carbocycles. The van der Waals surface area contributed by atoms with Gasteiger partial charge >= 0.3 is 0 Å². The molecule has 17 heavy (non-hydrogen) atoms. The Labute approximate surface area is 110 Å². The number of hydrogen-bond acceptors (Lipinski definition) is 2. The van der Waals surface area contributed by atoms with Crippen molar-refractivity contribution in [1.82, 2.24) is 0 Å². The average molecular weight is 251 g/mol. The Balaban J connectivity index is 2.57. The number of benzene rings is 1. The van der Waals surface area contributed by atoms with Crippen LogP contribution in [0.25, 0.3) is 0 Å². The first-order chi connectivity index (χ1) is 7.99. The van der Waals surface area contributed by atoms with Gasteiger partial charge in [-0.25, -0.2) is 0 Å². The van der Waals surface area contributed by atoms with Crippen molar-refractivity contribution in [2.24, 2.45) is 11.7 Å². The van der Waals surface area contributed by atoms with E-state index in [0.717, 1.165) is 12.3 Å². The summed E-state index contributed by atoms with van der Waals surface area (Å²) in [6.07, 6.45) is 2.25. The fourth-order valence-electron chi connectivity index (χ4n) is 1.78. The zero-order valence-electron chi connectivity index (χ0n) is 11.5. The minimum Gasteiger partial charge on any atom is -0.328 e. The standard InChI is InChI=1S/C15H25NS/c1-11(2)7-8-17-15-6-5-14(9-12(15)3)10-13(4)16/h5-6,9,11,13H,7-8,10,16H2,1-4H3. The summed E-state index contributed by atoms with van der Waals surface area (Å²) < 4.78 is 0. The molecule has 1 aromatic carbocycles. The maximum absolute atomic E-state index is 5.82. The van der Waals surface area contributed by atoms with Gasteiger partial charge in [-0.15, -0.1) is 11.8 Å². The first kappa shape index (κ1) is 14.6. The molecule has 1 aromatic rings. The number of nitrogens with two attached hydrogens (primary N) is 1. The second-order valence-corrected chi connectivity index (χ2v) is 6.45. The van der Waals surface area contributed by atoms with Crippen molar-refractivity contribution in [3.63, 3.8) is 0 Å². The molecule has 0 saturated carbocycles. The van der Waals surface area contributed by atoms with E-state index in [-0.39, 0.29) is 6.04 Å². The SMILES string of the molecule is Cc1cc(CC(C)N)ccc1SCCC(C)C. The second kappa shape index (κ2) is 7.07. The van der Waals surface area contributed by atoms with E-state index in [1.54, 1.807) is 0 Å². The van der Waals surface area contributed by atoms with Gasteiger partial charge in [0.1, 0.15) is 0 Å². The van der Waals surface area contributed by atoms with Gasteiger partial charge in [-0.3, -0.25) is 0 Å². The summed E-state index contributed by atoms with van der Waals surface area (Å²) in [6.45, 7) is 8.81. The summed E-state index contributed by atoms with van der Waals surface area (Å²) >= 11 is 1.97. The minimum atomic E-state index is 0.244. The van der Waals surface area contributed by atoms with Crippen molar-refractivity contribution in [3.05, 3.63) is 29.3 Å². The lowest BCUT2D eigenvalue weighted by Gasteiger charge is -2.10. The first-order valence-corrected chi connectivity index (χ1v) is 7.45. The minimum absolute atomic E-state index is 0.244. The first-order valence-electron chi connectivity index (χ1n) is 6.47. The van der Waals surface area contributed by atoms with Gasteiger partial charge in [0.25, 0.3) is 0 Å². The van der Waals surface area contributed by atoms with Crippen molar-refractivity contribution < 1.29 is 0 Å². The highest BCUT2D eigenvalue weighted by Crippen LogP contribution is 2.25. The van der Waals surface area contributed by atoms with Crippen molar-refractivity contribution in [2.75, 3.05) is 5.75 Å². The van der Waals surface area contributed by atoms with Crippen LogP contribution in [0.15, 0.2) is 23.1 Å². The highest BCUT2D eigenvalue weighted by molar-refractivity contribution is 7.99. The Hall–Kier alpha value is -0.470. The molecule has 96 valence electrons. The molecule has 2 N–H and O–H groups in total. The van der Waals surface area contributed by atoms with Crippen LogP contribution in [0.1, 0.15) is 38.3 Å². The molecule has 0 bridgehead atoms. The van der Waals surface area contributed by atoms with Crippen LogP contribution in [-0.2, 0) is 6.42 Å². The Morgan fingerprint density at radius 1 is 1.24 bits per heavy atom. The lowest BCUT2D eigenvalue weighted by molar-refractivity contribution is 0.632. The topological polar surface area (TPSA) is 26.0 Å². The van der Waals surface area contributed by atoms with Gasteiger partial charge in [-0.2, -0.15) is 0 Å². The molecule has 0 aliphatic rings. The summed E-state index contributed by atoms with van der Waals surface area (Å²) in [6, 6.07) is 6.99. The van der Waals surface area contributed by atoms with Gasteiger partial charge in [0.05, 0.1) is 0 Å². The third-order valence-electron chi connectivity index (χ3n) is 2.75. The van der Waals surface area contributed by atoms with Gasteiger partial charge in [0.2, 0.25) is 0 Å². The van der Waals surface area contributed by atoms with Gasteiger partial charge < -0.3 is 5.73 Å². The van der Waals surface area contributed by atoms with E-state index in [9.17, 15) is 0 Å². The van der Waals surface area contributed by atoms with Crippen LogP contribution >= 0.6 is 11.8 Å². The van der Waals surface area contributed by atoms with Crippen molar-refractivity contribution >= 4 is 11.8 Å². The summed E-state index contributed by atoms with van der Waals surface area (Å²) in [5.41, 5.74) is 8.56. The molecule has 1 atom stereocenters. The lowest BCUT2D eigenvalue weighted by atomic mass is 10.1. The van der Waals surface area contributed by atoms with Gasteiger partial charge in [-0.1, -0.05) is 26.0 Å². The highest BCUT2D eigenvalue weighted by Gasteiger charge is 2.03. The van der Waals surface area contributed by atoms with E-state index >= 15 is 0 Å². The van der Waals surface area contributed by atoms with E-state index in [1.807, 2.05) is 11.8 Å². The molecule has 0 fully saturated rings. The zero-order valence-corrected chi connectivity index (χ0v) is 12.3. The molecule has 1 nitrogen and oxygen atoms in total. The predicted octanol–water partition coefficient (Wildman–Crippen LogP) is 4.02. The van der Waals surface area contributed by atoms with E-state index in [4.69, 9.17) is 5.73 Å². The largest absolute Gasteiger partial charge is 0.328 e. The molecular formula is C15H25NS. The fraction of sp³-hybridized carbons (Fsp3) is 0.600. The molecule has 0 amide bonds. The van der Waals surface area contributed by atoms with Crippen LogP contribution in [0.3, 0.4) is 0 Å². The fourth-order valence-corrected chi connectivity index (χ4v) is 3.04. The normalized spacial score (nSPS) is 13.1. The van der Waals surface area contributed by atoms with E-state index in [1.165, 1.54) is 28.2 Å². The molecule has 0 aliphatic heterocycles. The van der Waals surface area contributed by atoms with Crippen molar-refractivity contribution in [1.29, 1.82) is 0 Å². The molecule has 1 rings (SSSR count). The molecule has 0 aromatic heterocycles. The summed E-state index contributed by atoms with van der Waals surface area (Å²) in [5, 5.41) is 0. The Kier molecular flexibility index (Phi) is 6.07. The average Bonchev–Trinajstić information content (AvgIpc) is 2.20. The molecule has 2 heteroatoms. The Morgan fingerprint density at radius 2 is 1.94 bits per heavy atom. The third-order valence-corrected chi connectivity index (χ3v) is 3.96. The predicted molar refractivity (Wildman–Crippen MR) is 78.7 cm³/mol.